The van der Waals surface area contributed by atoms with Gasteiger partial charge in [0.05, 0.1) is 39.3 Å². The van der Waals surface area contributed by atoms with Crippen LogP contribution < -0.4 is 10.2 Å². The van der Waals surface area contributed by atoms with Gasteiger partial charge in [0.1, 0.15) is 13.1 Å². The Bertz CT molecular complexity index is 634. The number of hydrogen-bond acceptors (Lipinski definition) is 3. The van der Waals surface area contributed by atoms with Crippen LogP contribution in [0.5, 0.6) is 0 Å². The van der Waals surface area contributed by atoms with Crippen molar-refractivity contribution in [1.29, 1.82) is 0 Å². The van der Waals surface area contributed by atoms with E-state index in [1.54, 1.807) is 0 Å². The number of carbonyl (C=O) groups is 1. The van der Waals surface area contributed by atoms with E-state index >= 15 is 0 Å². The van der Waals surface area contributed by atoms with E-state index in [-0.39, 0.29) is 0 Å². The average Bonchev–Trinajstić information content (AvgIpc) is 2.83. The minimum atomic E-state index is -2.33. The molecule has 0 saturated heterocycles. The van der Waals surface area contributed by atoms with E-state index in [1.165, 1.54) is 72.5 Å². The van der Waals surface area contributed by atoms with Crippen molar-refractivity contribution in [3.05, 3.63) is 71.8 Å². The first-order valence-electron chi connectivity index (χ1n) is 11.9. The number of benzene rings is 2. The quantitative estimate of drug-likeness (QED) is 0.525. The summed E-state index contributed by atoms with van der Waals surface area (Å²) in [6.45, 7) is 23.4. The van der Waals surface area contributed by atoms with Crippen molar-refractivity contribution in [2.75, 3.05) is 39.3 Å². The Balaban J connectivity index is 0.000000515. The summed E-state index contributed by atoms with van der Waals surface area (Å²) in [6, 6.07) is 21.6. The summed E-state index contributed by atoms with van der Waals surface area (Å²) >= 11 is 0. The molecule has 5 heteroatoms. The van der Waals surface area contributed by atoms with Crippen molar-refractivity contribution in [3.8, 4) is 0 Å². The molecule has 2 rings (SSSR count). The van der Waals surface area contributed by atoms with E-state index in [0.717, 1.165) is 0 Å². The van der Waals surface area contributed by atoms with Crippen LogP contribution in [0.3, 0.4) is 0 Å². The summed E-state index contributed by atoms with van der Waals surface area (Å²) in [5.41, 5.74) is 2.91. The maximum Gasteiger partial charge on any atom is 0.104 e. The first kappa shape index (κ1) is 29.6. The molecule has 0 fully saturated rings. The molecule has 180 valence electrons. The summed E-state index contributed by atoms with van der Waals surface area (Å²) in [7, 11) is 0. The molecule has 0 radical (unpaired) electrons. The van der Waals surface area contributed by atoms with Crippen LogP contribution in [-0.4, -0.2) is 54.4 Å². The van der Waals surface area contributed by atoms with Crippen LogP contribution in [0.2, 0.25) is 0 Å². The standard InChI is InChI=1S/2C13H22N.CH2O3/c2*1-4-14(5-2,6-3)12-13-10-8-7-9-11-13;2-1(3)4/h2*7-11H,4-6,12H2,1-3H3;(H2,2,3,4)/q2*+1;/p-2. The summed E-state index contributed by atoms with van der Waals surface area (Å²) < 4.78 is 2.40. The Kier molecular flexibility index (Phi) is 15.1. The molecule has 0 heterocycles. The molecule has 0 aliphatic heterocycles. The smallest absolute Gasteiger partial charge is 0.104 e. The van der Waals surface area contributed by atoms with Crippen molar-refractivity contribution in [2.45, 2.75) is 54.6 Å². The zero-order chi connectivity index (χ0) is 24.5. The van der Waals surface area contributed by atoms with Gasteiger partial charge in [0.25, 0.3) is 0 Å². The fourth-order valence-corrected chi connectivity index (χ4v) is 3.95. The van der Waals surface area contributed by atoms with Crippen LogP contribution in [-0.2, 0) is 13.1 Å². The van der Waals surface area contributed by atoms with Gasteiger partial charge in [0.2, 0.25) is 0 Å². The van der Waals surface area contributed by atoms with Crippen LogP contribution in [0.4, 0.5) is 4.79 Å². The van der Waals surface area contributed by atoms with Crippen LogP contribution in [0.25, 0.3) is 0 Å². The Morgan fingerprint density at radius 1 is 0.562 bits per heavy atom. The largest absolute Gasteiger partial charge is 0.652 e. The summed E-state index contributed by atoms with van der Waals surface area (Å²) in [4.78, 5) is 8.33. The topological polar surface area (TPSA) is 63.2 Å². The maximum atomic E-state index is 8.33. The zero-order valence-electron chi connectivity index (χ0n) is 21.0. The first-order chi connectivity index (χ1) is 15.3. The SMILES string of the molecule is CC[N+](CC)(CC)Cc1ccccc1.CC[N+](CC)(CC)Cc1ccccc1.O=C([O-])[O-]. The predicted octanol–water partition coefficient (Wildman–Crippen LogP) is 3.68. The Hall–Kier alpha value is -2.37. The molecule has 32 heavy (non-hydrogen) atoms. The number of rotatable bonds is 10. The summed E-state index contributed by atoms with van der Waals surface area (Å²) in [6.07, 6.45) is -2.33. The van der Waals surface area contributed by atoms with E-state index < -0.39 is 6.16 Å². The van der Waals surface area contributed by atoms with Crippen LogP contribution in [0, 0.1) is 0 Å². The normalized spacial score (nSPS) is 10.9. The Morgan fingerprint density at radius 2 is 0.781 bits per heavy atom. The molecule has 0 amide bonds. The minimum Gasteiger partial charge on any atom is -0.652 e. The Labute approximate surface area is 196 Å². The lowest BCUT2D eigenvalue weighted by Gasteiger charge is -2.35. The molecule has 5 nitrogen and oxygen atoms in total. The van der Waals surface area contributed by atoms with Gasteiger partial charge in [-0.15, -0.1) is 0 Å². The van der Waals surface area contributed by atoms with Gasteiger partial charge in [-0.05, 0) is 47.7 Å². The fourth-order valence-electron chi connectivity index (χ4n) is 3.95. The third-order valence-electron chi connectivity index (χ3n) is 6.75. The van der Waals surface area contributed by atoms with E-state index in [0.29, 0.717) is 0 Å². The number of nitrogens with zero attached hydrogens (tertiary/aromatic N) is 2. The molecule has 0 aromatic heterocycles. The summed E-state index contributed by atoms with van der Waals surface area (Å²) in [5.74, 6) is 0. The van der Waals surface area contributed by atoms with Crippen molar-refractivity contribution < 1.29 is 24.0 Å². The molecule has 0 spiro atoms. The maximum absolute atomic E-state index is 8.33. The number of quaternary nitrogens is 2. The highest BCUT2D eigenvalue weighted by Gasteiger charge is 2.21. The van der Waals surface area contributed by atoms with E-state index in [4.69, 9.17) is 15.0 Å². The van der Waals surface area contributed by atoms with Gasteiger partial charge in [-0.3, -0.25) is 0 Å². The average molecular weight is 445 g/mol. The zero-order valence-corrected chi connectivity index (χ0v) is 21.0. The first-order valence-corrected chi connectivity index (χ1v) is 11.9. The van der Waals surface area contributed by atoms with Gasteiger partial charge in [-0.2, -0.15) is 0 Å². The molecule has 0 aliphatic carbocycles. The van der Waals surface area contributed by atoms with E-state index in [9.17, 15) is 0 Å². The van der Waals surface area contributed by atoms with Gasteiger partial charge < -0.3 is 24.0 Å². The van der Waals surface area contributed by atoms with Crippen LogP contribution >= 0.6 is 0 Å². The second-order valence-electron chi connectivity index (χ2n) is 8.12. The minimum absolute atomic E-state index is 1.17. The molecule has 0 unspecified atom stereocenters. The molecular weight excluding hydrogens is 400 g/mol. The van der Waals surface area contributed by atoms with Crippen LogP contribution in [0.15, 0.2) is 60.7 Å². The van der Waals surface area contributed by atoms with Crippen molar-refractivity contribution in [3.63, 3.8) is 0 Å². The van der Waals surface area contributed by atoms with E-state index in [2.05, 4.69) is 102 Å². The van der Waals surface area contributed by atoms with Crippen molar-refractivity contribution >= 4 is 6.16 Å². The Morgan fingerprint density at radius 3 is 0.969 bits per heavy atom. The third-order valence-corrected chi connectivity index (χ3v) is 6.75. The highest BCUT2D eigenvalue weighted by molar-refractivity contribution is 5.47. The summed E-state index contributed by atoms with van der Waals surface area (Å²) in [5, 5.41) is 16.7. The van der Waals surface area contributed by atoms with E-state index in [1.807, 2.05) is 0 Å². The number of hydrogen-bond donors (Lipinski definition) is 0. The molecule has 2 aromatic rings. The second-order valence-corrected chi connectivity index (χ2v) is 8.12. The predicted molar refractivity (Wildman–Crippen MR) is 129 cm³/mol. The van der Waals surface area contributed by atoms with Crippen molar-refractivity contribution in [1.82, 2.24) is 0 Å². The molecule has 0 N–H and O–H groups in total. The van der Waals surface area contributed by atoms with Gasteiger partial charge >= 0.3 is 0 Å². The lowest BCUT2D eigenvalue weighted by Crippen LogP contribution is -2.46. The van der Waals surface area contributed by atoms with Crippen LogP contribution in [0.1, 0.15) is 52.7 Å². The highest BCUT2D eigenvalue weighted by Crippen LogP contribution is 2.14. The molecule has 0 atom stereocenters. The highest BCUT2D eigenvalue weighted by atomic mass is 16.6. The second kappa shape index (κ2) is 16.3. The van der Waals surface area contributed by atoms with Gasteiger partial charge in [0.15, 0.2) is 0 Å². The van der Waals surface area contributed by atoms with Gasteiger partial charge in [-0.1, -0.05) is 60.7 Å². The lowest BCUT2D eigenvalue weighted by molar-refractivity contribution is -0.936. The van der Waals surface area contributed by atoms with Gasteiger partial charge in [-0.25, -0.2) is 0 Å². The molecule has 0 bridgehead atoms. The van der Waals surface area contributed by atoms with Gasteiger partial charge in [0, 0.05) is 11.1 Å². The van der Waals surface area contributed by atoms with Crippen molar-refractivity contribution in [2.24, 2.45) is 0 Å². The lowest BCUT2D eigenvalue weighted by atomic mass is 10.2. The molecule has 0 aliphatic rings. The fraction of sp³-hybridized carbons (Fsp3) is 0.519. The molecular formula is C27H44N2O3. The monoisotopic (exact) mass is 444 g/mol. The molecule has 2 aromatic carbocycles. The number of carboxylic acid groups (broad SMARTS) is 2. The third kappa shape index (κ3) is 11.3. The molecule has 0 saturated carbocycles. The number of carbonyl (C=O) groups excluding carboxylic acids is 1.